The van der Waals surface area contributed by atoms with Gasteiger partial charge in [-0.15, -0.1) is 24.0 Å². The fourth-order valence-electron chi connectivity index (χ4n) is 2.70. The normalized spacial score (nSPS) is 10.9. The third-order valence-electron chi connectivity index (χ3n) is 4.26. The molecule has 0 fully saturated rings. The van der Waals surface area contributed by atoms with Gasteiger partial charge in [0, 0.05) is 51.3 Å². The molecule has 0 aliphatic heterocycles. The van der Waals surface area contributed by atoms with Crippen molar-refractivity contribution in [3.8, 4) is 0 Å². The van der Waals surface area contributed by atoms with Crippen LogP contribution in [0.4, 0.5) is 4.39 Å². The molecule has 0 bridgehead atoms. The van der Waals surface area contributed by atoms with E-state index in [4.69, 9.17) is 0 Å². The molecular formula is C22H30FIN4OS. The first-order chi connectivity index (χ1) is 14.0. The molecule has 0 aliphatic rings. The lowest BCUT2D eigenvalue weighted by atomic mass is 10.1. The molecule has 30 heavy (non-hydrogen) atoms. The van der Waals surface area contributed by atoms with Crippen molar-refractivity contribution >= 4 is 47.6 Å². The molecule has 2 N–H and O–H groups in total. The zero-order valence-electron chi connectivity index (χ0n) is 17.7. The van der Waals surface area contributed by atoms with Crippen LogP contribution in [0.15, 0.2) is 53.5 Å². The Bertz CT molecular complexity index is 832. The molecule has 2 rings (SSSR count). The van der Waals surface area contributed by atoms with E-state index in [1.807, 2.05) is 36.4 Å². The van der Waals surface area contributed by atoms with Gasteiger partial charge in [0.25, 0.3) is 5.91 Å². The maximum absolute atomic E-state index is 13.6. The van der Waals surface area contributed by atoms with Crippen molar-refractivity contribution in [2.75, 3.05) is 40.0 Å². The molecular weight excluding hydrogens is 514 g/mol. The van der Waals surface area contributed by atoms with Crippen molar-refractivity contribution in [2.24, 2.45) is 4.99 Å². The van der Waals surface area contributed by atoms with Crippen molar-refractivity contribution in [3.05, 3.63) is 71.0 Å². The summed E-state index contributed by atoms with van der Waals surface area (Å²) in [5, 5.41) is 6.55. The number of benzene rings is 2. The summed E-state index contributed by atoms with van der Waals surface area (Å²) in [7, 11) is 5.24. The second kappa shape index (κ2) is 14.2. The number of nitrogens with one attached hydrogen (secondary N) is 2. The largest absolute Gasteiger partial charge is 0.356 e. The van der Waals surface area contributed by atoms with E-state index >= 15 is 0 Å². The van der Waals surface area contributed by atoms with Gasteiger partial charge in [-0.3, -0.25) is 9.79 Å². The number of rotatable bonds is 9. The number of thioether (sulfide) groups is 1. The van der Waals surface area contributed by atoms with Gasteiger partial charge in [0.1, 0.15) is 5.82 Å². The number of carbonyl (C=O) groups excluding carboxylic acids is 1. The molecule has 0 atom stereocenters. The standard InChI is InChI=1S/C22H29FN4OS.HI/c1-24-22(26-13-14-29-16-19-8-4-5-10-20(19)23)25-12-11-17-7-6-9-18(15-17)21(28)27(2)3;/h4-10,15H,11-14,16H2,1-3H3,(H2,24,25,26);1H. The molecule has 5 nitrogen and oxygen atoms in total. The first-order valence-electron chi connectivity index (χ1n) is 9.57. The molecule has 0 unspecified atom stereocenters. The van der Waals surface area contributed by atoms with Gasteiger partial charge in [0.2, 0.25) is 0 Å². The molecule has 2 aromatic carbocycles. The highest BCUT2D eigenvalue weighted by molar-refractivity contribution is 14.0. The molecule has 8 heteroatoms. The summed E-state index contributed by atoms with van der Waals surface area (Å²) < 4.78 is 13.6. The third-order valence-corrected chi connectivity index (χ3v) is 5.27. The van der Waals surface area contributed by atoms with Crippen LogP contribution < -0.4 is 10.6 Å². The molecule has 0 aliphatic carbocycles. The van der Waals surface area contributed by atoms with Gasteiger partial charge in [-0.25, -0.2) is 4.39 Å². The SMILES string of the molecule is CN=C(NCCSCc1ccccc1F)NCCc1cccc(C(=O)N(C)C)c1.I. The van der Waals surface area contributed by atoms with Crippen molar-refractivity contribution in [1.82, 2.24) is 15.5 Å². The molecule has 2 aromatic rings. The minimum absolute atomic E-state index is 0. The van der Waals surface area contributed by atoms with Crippen LogP contribution >= 0.6 is 35.7 Å². The summed E-state index contributed by atoms with van der Waals surface area (Å²) in [5.74, 6) is 2.09. The highest BCUT2D eigenvalue weighted by Crippen LogP contribution is 2.14. The predicted octanol–water partition coefficient (Wildman–Crippen LogP) is 3.79. The Hall–Kier alpha value is -1.81. The van der Waals surface area contributed by atoms with E-state index in [2.05, 4.69) is 15.6 Å². The topological polar surface area (TPSA) is 56.7 Å². The van der Waals surface area contributed by atoms with Gasteiger partial charge in [-0.1, -0.05) is 30.3 Å². The van der Waals surface area contributed by atoms with E-state index in [1.165, 1.54) is 6.07 Å². The Kier molecular flexibility index (Phi) is 12.4. The molecule has 0 heterocycles. The summed E-state index contributed by atoms with van der Waals surface area (Å²) in [6.45, 7) is 1.45. The quantitative estimate of drug-likeness (QED) is 0.219. The van der Waals surface area contributed by atoms with Gasteiger partial charge in [-0.2, -0.15) is 11.8 Å². The predicted molar refractivity (Wildman–Crippen MR) is 136 cm³/mol. The number of carbonyl (C=O) groups is 1. The maximum Gasteiger partial charge on any atom is 0.253 e. The van der Waals surface area contributed by atoms with Crippen molar-refractivity contribution in [3.63, 3.8) is 0 Å². The zero-order chi connectivity index (χ0) is 21.1. The van der Waals surface area contributed by atoms with Crippen LogP contribution in [0.2, 0.25) is 0 Å². The van der Waals surface area contributed by atoms with E-state index in [1.54, 1.807) is 43.9 Å². The number of amides is 1. The lowest BCUT2D eigenvalue weighted by Crippen LogP contribution is -2.39. The lowest BCUT2D eigenvalue weighted by molar-refractivity contribution is 0.0827. The summed E-state index contributed by atoms with van der Waals surface area (Å²) in [6.07, 6.45) is 0.789. The van der Waals surface area contributed by atoms with Gasteiger partial charge >= 0.3 is 0 Å². The average molecular weight is 544 g/mol. The molecule has 0 saturated heterocycles. The van der Waals surface area contributed by atoms with Gasteiger partial charge < -0.3 is 15.5 Å². The van der Waals surface area contributed by atoms with Crippen LogP contribution in [0.25, 0.3) is 0 Å². The van der Waals surface area contributed by atoms with Crippen LogP contribution in [-0.2, 0) is 12.2 Å². The minimum atomic E-state index is -0.151. The fraction of sp³-hybridized carbons (Fsp3) is 0.364. The van der Waals surface area contributed by atoms with E-state index in [-0.39, 0.29) is 35.7 Å². The summed E-state index contributed by atoms with van der Waals surface area (Å²) in [5.41, 5.74) is 2.53. The van der Waals surface area contributed by atoms with E-state index in [0.717, 1.165) is 35.8 Å². The number of aliphatic imine (C=N–C) groups is 1. The zero-order valence-corrected chi connectivity index (χ0v) is 20.8. The number of guanidine groups is 1. The molecule has 0 radical (unpaired) electrons. The Labute approximate surface area is 199 Å². The minimum Gasteiger partial charge on any atom is -0.356 e. The Morgan fingerprint density at radius 1 is 1.10 bits per heavy atom. The monoisotopic (exact) mass is 544 g/mol. The number of nitrogens with zero attached hydrogens (tertiary/aromatic N) is 2. The number of hydrogen-bond donors (Lipinski definition) is 2. The van der Waals surface area contributed by atoms with Gasteiger partial charge in [0.15, 0.2) is 5.96 Å². The van der Waals surface area contributed by atoms with Crippen LogP contribution in [-0.4, -0.2) is 56.8 Å². The van der Waals surface area contributed by atoms with Crippen LogP contribution in [0, 0.1) is 5.82 Å². The van der Waals surface area contributed by atoms with E-state index in [9.17, 15) is 9.18 Å². The molecule has 0 spiro atoms. The second-order valence-electron chi connectivity index (χ2n) is 6.72. The number of halogens is 2. The lowest BCUT2D eigenvalue weighted by Gasteiger charge is -2.13. The molecule has 0 saturated carbocycles. The Morgan fingerprint density at radius 3 is 2.53 bits per heavy atom. The Balaban J connectivity index is 0.00000450. The highest BCUT2D eigenvalue weighted by atomic mass is 127. The fourth-order valence-corrected chi connectivity index (χ4v) is 3.55. The molecule has 0 aromatic heterocycles. The Morgan fingerprint density at radius 2 is 1.83 bits per heavy atom. The number of hydrogen-bond acceptors (Lipinski definition) is 3. The third kappa shape index (κ3) is 8.91. The summed E-state index contributed by atoms with van der Waals surface area (Å²) >= 11 is 1.68. The van der Waals surface area contributed by atoms with E-state index < -0.39 is 0 Å². The van der Waals surface area contributed by atoms with Crippen molar-refractivity contribution < 1.29 is 9.18 Å². The molecule has 1 amide bonds. The van der Waals surface area contributed by atoms with Gasteiger partial charge in [0.05, 0.1) is 0 Å². The summed E-state index contributed by atoms with van der Waals surface area (Å²) in [4.78, 5) is 17.9. The first-order valence-corrected chi connectivity index (χ1v) is 10.7. The van der Waals surface area contributed by atoms with Crippen LogP contribution in [0.1, 0.15) is 21.5 Å². The second-order valence-corrected chi connectivity index (χ2v) is 7.82. The van der Waals surface area contributed by atoms with E-state index in [0.29, 0.717) is 17.9 Å². The summed E-state index contributed by atoms with van der Waals surface area (Å²) in [6, 6.07) is 14.6. The van der Waals surface area contributed by atoms with Gasteiger partial charge in [-0.05, 0) is 35.7 Å². The van der Waals surface area contributed by atoms with Crippen molar-refractivity contribution in [2.45, 2.75) is 12.2 Å². The highest BCUT2D eigenvalue weighted by Gasteiger charge is 2.08. The van der Waals surface area contributed by atoms with Crippen LogP contribution in [0.3, 0.4) is 0 Å². The smallest absolute Gasteiger partial charge is 0.253 e. The molecule has 164 valence electrons. The average Bonchev–Trinajstić information content (AvgIpc) is 2.73. The van der Waals surface area contributed by atoms with Crippen LogP contribution in [0.5, 0.6) is 0 Å². The maximum atomic E-state index is 13.6. The first kappa shape index (κ1) is 26.2. The van der Waals surface area contributed by atoms with Crippen molar-refractivity contribution in [1.29, 1.82) is 0 Å².